The molecule has 1 aliphatic heterocycles. The zero-order chi connectivity index (χ0) is 17.5. The third-order valence-corrected chi connectivity index (χ3v) is 4.35. The maximum atomic E-state index is 12.2. The monoisotopic (exact) mass is 343 g/mol. The Kier molecular flexibility index (Phi) is 5.95. The second kappa shape index (κ2) is 8.58. The number of piperazine rings is 1. The van der Waals surface area contributed by atoms with Crippen LogP contribution in [0.3, 0.4) is 0 Å². The lowest BCUT2D eigenvalue weighted by atomic mass is 10.2. The van der Waals surface area contributed by atoms with Gasteiger partial charge in [-0.3, -0.25) is 4.90 Å². The number of para-hydroxylation sites is 1. The van der Waals surface area contributed by atoms with Gasteiger partial charge < -0.3 is 19.4 Å². The Balaban J connectivity index is 1.33. The summed E-state index contributed by atoms with van der Waals surface area (Å²) in [4.78, 5) is 16.4. The molecule has 1 aromatic heterocycles. The molecule has 0 radical (unpaired) electrons. The summed E-state index contributed by atoms with van der Waals surface area (Å²) in [5.74, 6) is 1.83. The minimum absolute atomic E-state index is 0.0222. The van der Waals surface area contributed by atoms with E-state index in [9.17, 15) is 4.79 Å². The van der Waals surface area contributed by atoms with Gasteiger partial charge >= 0.3 is 6.03 Å². The fourth-order valence-electron chi connectivity index (χ4n) is 2.88. The normalized spacial score (nSPS) is 15.2. The van der Waals surface area contributed by atoms with E-state index in [2.05, 4.69) is 10.2 Å². The SMILES string of the molecule is Cc1ccccc1OCCNC(=O)N1CCN(Cc2ccco2)CC1. The largest absolute Gasteiger partial charge is 0.491 e. The molecule has 134 valence electrons. The molecule has 1 fully saturated rings. The number of hydrogen-bond acceptors (Lipinski definition) is 4. The van der Waals surface area contributed by atoms with Gasteiger partial charge in [-0.25, -0.2) is 4.79 Å². The van der Waals surface area contributed by atoms with Crippen LogP contribution in [-0.4, -0.2) is 55.2 Å². The van der Waals surface area contributed by atoms with Gasteiger partial charge in [0.1, 0.15) is 18.1 Å². The summed E-state index contributed by atoms with van der Waals surface area (Å²) in [5.41, 5.74) is 1.10. The maximum Gasteiger partial charge on any atom is 0.317 e. The topological polar surface area (TPSA) is 58.0 Å². The smallest absolute Gasteiger partial charge is 0.317 e. The van der Waals surface area contributed by atoms with Gasteiger partial charge in [-0.2, -0.15) is 0 Å². The summed E-state index contributed by atoms with van der Waals surface area (Å²) >= 11 is 0. The van der Waals surface area contributed by atoms with Gasteiger partial charge in [0.25, 0.3) is 0 Å². The molecule has 0 unspecified atom stereocenters. The first-order chi connectivity index (χ1) is 12.2. The van der Waals surface area contributed by atoms with Crippen molar-refractivity contribution in [3.8, 4) is 5.75 Å². The van der Waals surface area contributed by atoms with Crippen molar-refractivity contribution in [3.63, 3.8) is 0 Å². The fraction of sp³-hybridized carbons (Fsp3) is 0.421. The van der Waals surface area contributed by atoms with Crippen LogP contribution in [0.4, 0.5) is 4.79 Å². The Morgan fingerprint density at radius 1 is 1.16 bits per heavy atom. The number of carbonyl (C=O) groups is 1. The van der Waals surface area contributed by atoms with Crippen LogP contribution in [0.1, 0.15) is 11.3 Å². The van der Waals surface area contributed by atoms with Crippen molar-refractivity contribution >= 4 is 6.03 Å². The number of furan rings is 1. The van der Waals surface area contributed by atoms with Gasteiger partial charge in [-0.05, 0) is 30.7 Å². The second-order valence-electron chi connectivity index (χ2n) is 6.19. The second-order valence-corrected chi connectivity index (χ2v) is 6.19. The number of carbonyl (C=O) groups excluding carboxylic acids is 1. The molecular formula is C19H25N3O3. The highest BCUT2D eigenvalue weighted by Gasteiger charge is 2.21. The lowest BCUT2D eigenvalue weighted by Crippen LogP contribution is -2.51. The number of benzene rings is 1. The van der Waals surface area contributed by atoms with Crippen molar-refractivity contribution in [2.75, 3.05) is 39.3 Å². The van der Waals surface area contributed by atoms with E-state index in [-0.39, 0.29) is 6.03 Å². The standard InChI is InChI=1S/C19H25N3O3/c1-16-5-2-3-7-18(16)25-14-8-20-19(23)22-11-9-21(10-12-22)15-17-6-4-13-24-17/h2-7,13H,8-12,14-15H2,1H3,(H,20,23). The number of hydrogen-bond donors (Lipinski definition) is 1. The van der Waals surface area contributed by atoms with Gasteiger partial charge in [-0.1, -0.05) is 18.2 Å². The van der Waals surface area contributed by atoms with Crippen LogP contribution in [0.2, 0.25) is 0 Å². The van der Waals surface area contributed by atoms with E-state index in [4.69, 9.17) is 9.15 Å². The predicted octanol–water partition coefficient (Wildman–Crippen LogP) is 2.49. The minimum Gasteiger partial charge on any atom is -0.491 e. The minimum atomic E-state index is -0.0222. The van der Waals surface area contributed by atoms with Gasteiger partial charge in [-0.15, -0.1) is 0 Å². The fourth-order valence-corrected chi connectivity index (χ4v) is 2.88. The van der Waals surface area contributed by atoms with Crippen LogP contribution in [0.25, 0.3) is 0 Å². The van der Waals surface area contributed by atoms with Crippen LogP contribution < -0.4 is 10.1 Å². The lowest BCUT2D eigenvalue weighted by Gasteiger charge is -2.34. The van der Waals surface area contributed by atoms with Gasteiger partial charge in [0.15, 0.2) is 0 Å². The van der Waals surface area contributed by atoms with E-state index < -0.39 is 0 Å². The van der Waals surface area contributed by atoms with E-state index in [1.165, 1.54) is 0 Å². The molecule has 0 bridgehead atoms. The molecule has 2 heterocycles. The summed E-state index contributed by atoms with van der Waals surface area (Å²) in [5, 5.41) is 2.93. The quantitative estimate of drug-likeness (QED) is 0.819. The van der Waals surface area contributed by atoms with E-state index >= 15 is 0 Å². The van der Waals surface area contributed by atoms with Crippen molar-refractivity contribution in [3.05, 3.63) is 54.0 Å². The van der Waals surface area contributed by atoms with Crippen molar-refractivity contribution in [1.29, 1.82) is 0 Å². The highest BCUT2D eigenvalue weighted by molar-refractivity contribution is 5.74. The molecule has 2 amide bonds. The first-order valence-corrected chi connectivity index (χ1v) is 8.68. The third-order valence-electron chi connectivity index (χ3n) is 4.35. The number of nitrogens with zero attached hydrogens (tertiary/aromatic N) is 2. The van der Waals surface area contributed by atoms with Crippen LogP contribution in [-0.2, 0) is 6.54 Å². The zero-order valence-electron chi connectivity index (χ0n) is 14.6. The van der Waals surface area contributed by atoms with E-state index in [0.717, 1.165) is 49.8 Å². The molecule has 0 atom stereocenters. The highest BCUT2D eigenvalue weighted by atomic mass is 16.5. The lowest BCUT2D eigenvalue weighted by molar-refractivity contribution is 0.129. The average molecular weight is 343 g/mol. The first kappa shape index (κ1) is 17.4. The summed E-state index contributed by atoms with van der Waals surface area (Å²) in [7, 11) is 0. The number of urea groups is 1. The number of rotatable bonds is 6. The van der Waals surface area contributed by atoms with Crippen molar-refractivity contribution < 1.29 is 13.9 Å². The summed E-state index contributed by atoms with van der Waals surface area (Å²) < 4.78 is 11.1. The van der Waals surface area contributed by atoms with Crippen LogP contribution in [0, 0.1) is 6.92 Å². The maximum absolute atomic E-state index is 12.2. The van der Waals surface area contributed by atoms with E-state index in [1.54, 1.807) is 6.26 Å². The molecule has 1 aromatic carbocycles. The van der Waals surface area contributed by atoms with Gasteiger partial charge in [0.05, 0.1) is 19.4 Å². The summed E-state index contributed by atoms with van der Waals surface area (Å²) in [6.45, 7) is 6.94. The number of nitrogens with one attached hydrogen (secondary N) is 1. The highest BCUT2D eigenvalue weighted by Crippen LogP contribution is 2.15. The van der Waals surface area contributed by atoms with Gasteiger partial charge in [0, 0.05) is 26.2 Å². The molecule has 0 aliphatic carbocycles. The zero-order valence-corrected chi connectivity index (χ0v) is 14.6. The van der Waals surface area contributed by atoms with Crippen molar-refractivity contribution in [2.45, 2.75) is 13.5 Å². The third kappa shape index (κ3) is 5.00. The summed E-state index contributed by atoms with van der Waals surface area (Å²) in [6, 6.07) is 11.7. The molecule has 2 aromatic rings. The summed E-state index contributed by atoms with van der Waals surface area (Å²) in [6.07, 6.45) is 1.69. The van der Waals surface area contributed by atoms with E-state index in [0.29, 0.717) is 13.2 Å². The molecule has 1 saturated heterocycles. The van der Waals surface area contributed by atoms with Crippen molar-refractivity contribution in [2.24, 2.45) is 0 Å². The molecule has 25 heavy (non-hydrogen) atoms. The Hall–Kier alpha value is -2.47. The molecule has 0 saturated carbocycles. The predicted molar refractivity (Wildman–Crippen MR) is 95.6 cm³/mol. The van der Waals surface area contributed by atoms with Crippen LogP contribution in [0.5, 0.6) is 5.75 Å². The Morgan fingerprint density at radius 3 is 2.68 bits per heavy atom. The van der Waals surface area contributed by atoms with Crippen molar-refractivity contribution in [1.82, 2.24) is 15.1 Å². The molecule has 0 spiro atoms. The molecular weight excluding hydrogens is 318 g/mol. The molecule has 1 aliphatic rings. The first-order valence-electron chi connectivity index (χ1n) is 8.68. The molecule has 6 heteroatoms. The van der Waals surface area contributed by atoms with Gasteiger partial charge in [0.2, 0.25) is 0 Å². The number of amides is 2. The Morgan fingerprint density at radius 2 is 1.96 bits per heavy atom. The molecule has 1 N–H and O–H groups in total. The number of ether oxygens (including phenoxy) is 1. The van der Waals surface area contributed by atoms with Crippen LogP contribution >= 0.6 is 0 Å². The van der Waals surface area contributed by atoms with E-state index in [1.807, 2.05) is 48.2 Å². The average Bonchev–Trinajstić information content (AvgIpc) is 3.13. The molecule has 3 rings (SSSR count). The molecule has 6 nitrogen and oxygen atoms in total. The van der Waals surface area contributed by atoms with Crippen LogP contribution in [0.15, 0.2) is 47.1 Å². The number of aryl methyl sites for hydroxylation is 1. The Bertz CT molecular complexity index is 664. The Labute approximate surface area is 148 Å².